The summed E-state index contributed by atoms with van der Waals surface area (Å²) in [7, 11) is 1.80. The van der Waals surface area contributed by atoms with E-state index in [0.717, 1.165) is 25.7 Å². The minimum atomic E-state index is -1.11. The lowest BCUT2D eigenvalue weighted by Gasteiger charge is -2.29. The Morgan fingerprint density at radius 3 is 2.29 bits per heavy atom. The van der Waals surface area contributed by atoms with Gasteiger partial charge in [0, 0.05) is 13.1 Å². The van der Waals surface area contributed by atoms with Crippen LogP contribution < -0.4 is 0 Å². The topological polar surface area (TPSA) is 70.5 Å². The number of nitrogens with zero attached hydrogens (tertiary/aromatic N) is 2. The zero-order valence-corrected chi connectivity index (χ0v) is 12.4. The average molecular weight is 290 g/mol. The molecule has 5 nitrogen and oxygen atoms in total. The van der Waals surface area contributed by atoms with E-state index >= 15 is 0 Å². The SMILES string of the molecule is CN(C(=O)c1cccc(C(=O)O)n1)C1CCCCCCC1. The first-order chi connectivity index (χ1) is 10.1. The largest absolute Gasteiger partial charge is 0.477 e. The van der Waals surface area contributed by atoms with Gasteiger partial charge in [-0.2, -0.15) is 0 Å². The van der Waals surface area contributed by atoms with Crippen molar-refractivity contribution in [3.8, 4) is 0 Å². The first-order valence-electron chi connectivity index (χ1n) is 7.57. The van der Waals surface area contributed by atoms with E-state index in [1.807, 2.05) is 0 Å². The minimum absolute atomic E-state index is 0.0908. The number of aromatic carboxylic acids is 1. The van der Waals surface area contributed by atoms with Crippen molar-refractivity contribution < 1.29 is 14.7 Å². The molecule has 0 unspecified atom stereocenters. The normalized spacial score (nSPS) is 16.8. The highest BCUT2D eigenvalue weighted by molar-refractivity contribution is 5.94. The fourth-order valence-electron chi connectivity index (χ4n) is 2.84. The molecule has 1 fully saturated rings. The van der Waals surface area contributed by atoms with Crippen LogP contribution in [0.2, 0.25) is 0 Å². The number of rotatable bonds is 3. The van der Waals surface area contributed by atoms with Gasteiger partial charge in [-0.05, 0) is 25.0 Å². The van der Waals surface area contributed by atoms with Crippen molar-refractivity contribution in [2.45, 2.75) is 51.0 Å². The smallest absolute Gasteiger partial charge is 0.354 e. The monoisotopic (exact) mass is 290 g/mol. The van der Waals surface area contributed by atoms with Crippen molar-refractivity contribution in [2.75, 3.05) is 7.05 Å². The summed E-state index contributed by atoms with van der Waals surface area (Å²) in [4.78, 5) is 29.1. The van der Waals surface area contributed by atoms with Crippen molar-refractivity contribution in [3.63, 3.8) is 0 Å². The lowest BCUT2D eigenvalue weighted by Crippen LogP contribution is -2.38. The first kappa shape index (κ1) is 15.5. The summed E-state index contributed by atoms with van der Waals surface area (Å²) in [6, 6.07) is 4.77. The van der Waals surface area contributed by atoms with Crippen molar-refractivity contribution in [2.24, 2.45) is 0 Å². The molecule has 0 spiro atoms. The highest BCUT2D eigenvalue weighted by Gasteiger charge is 2.23. The van der Waals surface area contributed by atoms with Crippen LogP contribution in [0.3, 0.4) is 0 Å². The second kappa shape index (κ2) is 7.20. The van der Waals surface area contributed by atoms with E-state index in [1.54, 1.807) is 24.1 Å². The standard InChI is InChI=1S/C16H22N2O3/c1-18(12-8-5-3-2-4-6-9-12)15(19)13-10-7-11-14(17-13)16(20)21/h7,10-12H,2-6,8-9H2,1H3,(H,20,21). The fourth-order valence-corrected chi connectivity index (χ4v) is 2.84. The number of amides is 1. The molecule has 0 bridgehead atoms. The molecule has 1 aliphatic rings. The number of carbonyl (C=O) groups excluding carboxylic acids is 1. The zero-order valence-electron chi connectivity index (χ0n) is 12.4. The molecule has 0 radical (unpaired) electrons. The number of carbonyl (C=O) groups is 2. The van der Waals surface area contributed by atoms with Gasteiger partial charge in [0.2, 0.25) is 0 Å². The highest BCUT2D eigenvalue weighted by Crippen LogP contribution is 2.21. The van der Waals surface area contributed by atoms with Gasteiger partial charge in [-0.25, -0.2) is 9.78 Å². The van der Waals surface area contributed by atoms with Gasteiger partial charge in [-0.3, -0.25) is 4.79 Å². The van der Waals surface area contributed by atoms with Crippen molar-refractivity contribution in [1.29, 1.82) is 0 Å². The molecule has 21 heavy (non-hydrogen) atoms. The van der Waals surface area contributed by atoms with Gasteiger partial charge in [-0.15, -0.1) is 0 Å². The molecule has 2 rings (SSSR count). The summed E-state index contributed by atoms with van der Waals surface area (Å²) in [6.07, 6.45) is 8.06. The van der Waals surface area contributed by atoms with Crippen molar-refractivity contribution in [1.82, 2.24) is 9.88 Å². The van der Waals surface area contributed by atoms with Crippen molar-refractivity contribution in [3.05, 3.63) is 29.6 Å². The number of carboxylic acid groups (broad SMARTS) is 1. The summed E-state index contributed by atoms with van der Waals surface area (Å²) in [5.74, 6) is -1.30. The van der Waals surface area contributed by atoms with Gasteiger partial charge in [0.25, 0.3) is 5.91 Å². The van der Waals surface area contributed by atoms with Gasteiger partial charge < -0.3 is 10.0 Å². The van der Waals surface area contributed by atoms with Gasteiger partial charge in [-0.1, -0.05) is 38.2 Å². The number of hydrogen-bond acceptors (Lipinski definition) is 3. The molecule has 0 saturated heterocycles. The number of carboxylic acids is 1. The number of aromatic nitrogens is 1. The summed E-state index contributed by atoms with van der Waals surface area (Å²) >= 11 is 0. The summed E-state index contributed by atoms with van der Waals surface area (Å²) in [5, 5.41) is 8.96. The Labute approximate surface area is 125 Å². The highest BCUT2D eigenvalue weighted by atomic mass is 16.4. The molecule has 0 aliphatic heterocycles. The second-order valence-electron chi connectivity index (χ2n) is 5.63. The molecular weight excluding hydrogens is 268 g/mol. The third kappa shape index (κ3) is 4.03. The van der Waals surface area contributed by atoms with E-state index in [1.165, 1.54) is 25.3 Å². The molecule has 1 aromatic rings. The van der Waals surface area contributed by atoms with Crippen LogP contribution in [0.1, 0.15) is 65.9 Å². The molecular formula is C16H22N2O3. The van der Waals surface area contributed by atoms with Gasteiger partial charge >= 0.3 is 5.97 Å². The van der Waals surface area contributed by atoms with Gasteiger partial charge in [0.15, 0.2) is 0 Å². The van der Waals surface area contributed by atoms with Crippen LogP contribution in [-0.2, 0) is 0 Å². The molecule has 114 valence electrons. The summed E-state index contributed by atoms with van der Waals surface area (Å²) < 4.78 is 0. The quantitative estimate of drug-likeness (QED) is 0.929. The molecule has 1 heterocycles. The Bertz CT molecular complexity index is 508. The van der Waals surface area contributed by atoms with Crippen LogP contribution in [0.4, 0.5) is 0 Å². The molecule has 1 N–H and O–H groups in total. The number of hydrogen-bond donors (Lipinski definition) is 1. The predicted molar refractivity (Wildman–Crippen MR) is 79.4 cm³/mol. The van der Waals surface area contributed by atoms with Crippen LogP contribution >= 0.6 is 0 Å². The van der Waals surface area contributed by atoms with E-state index in [2.05, 4.69) is 4.98 Å². The lowest BCUT2D eigenvalue weighted by molar-refractivity contribution is 0.0687. The maximum absolute atomic E-state index is 12.5. The summed E-state index contributed by atoms with van der Waals surface area (Å²) in [6.45, 7) is 0. The van der Waals surface area contributed by atoms with Crippen LogP contribution in [0.5, 0.6) is 0 Å². The van der Waals surface area contributed by atoms with Crippen LogP contribution in [-0.4, -0.2) is 40.0 Å². The first-order valence-corrected chi connectivity index (χ1v) is 7.57. The Morgan fingerprint density at radius 2 is 1.67 bits per heavy atom. The van der Waals surface area contributed by atoms with Crippen LogP contribution in [0.15, 0.2) is 18.2 Å². The second-order valence-corrected chi connectivity index (χ2v) is 5.63. The Kier molecular flexibility index (Phi) is 5.31. The number of pyridine rings is 1. The van der Waals surface area contributed by atoms with E-state index < -0.39 is 5.97 Å². The molecule has 1 saturated carbocycles. The maximum Gasteiger partial charge on any atom is 0.354 e. The fraction of sp³-hybridized carbons (Fsp3) is 0.562. The van der Waals surface area contributed by atoms with Crippen molar-refractivity contribution >= 4 is 11.9 Å². The Hall–Kier alpha value is -1.91. The van der Waals surface area contributed by atoms with E-state index in [4.69, 9.17) is 5.11 Å². The third-order valence-corrected chi connectivity index (χ3v) is 4.13. The third-order valence-electron chi connectivity index (χ3n) is 4.13. The molecule has 1 aliphatic carbocycles. The van der Waals surface area contributed by atoms with E-state index in [9.17, 15) is 9.59 Å². The molecule has 1 amide bonds. The van der Waals surface area contributed by atoms with E-state index in [-0.39, 0.29) is 23.3 Å². The molecule has 5 heteroatoms. The minimum Gasteiger partial charge on any atom is -0.477 e. The van der Waals surface area contributed by atoms with Crippen LogP contribution in [0.25, 0.3) is 0 Å². The molecule has 1 aromatic heterocycles. The Morgan fingerprint density at radius 1 is 1.10 bits per heavy atom. The predicted octanol–water partition coefficient (Wildman–Crippen LogP) is 2.96. The zero-order chi connectivity index (χ0) is 15.2. The average Bonchev–Trinajstić information content (AvgIpc) is 2.45. The Balaban J connectivity index is 2.10. The molecule has 0 aromatic carbocycles. The van der Waals surface area contributed by atoms with Crippen LogP contribution in [0, 0.1) is 0 Å². The lowest BCUT2D eigenvalue weighted by atomic mass is 9.95. The maximum atomic E-state index is 12.5. The van der Waals surface area contributed by atoms with Gasteiger partial charge in [0.05, 0.1) is 0 Å². The van der Waals surface area contributed by atoms with Gasteiger partial charge in [0.1, 0.15) is 11.4 Å². The molecule has 0 atom stereocenters. The van der Waals surface area contributed by atoms with E-state index in [0.29, 0.717) is 0 Å². The summed E-state index contributed by atoms with van der Waals surface area (Å²) in [5.41, 5.74) is 0.117.